The van der Waals surface area contributed by atoms with Crippen molar-refractivity contribution in [3.8, 4) is 0 Å². The lowest BCUT2D eigenvalue weighted by atomic mass is 10.2. The number of carbonyl (C=O) groups excluding carboxylic acids is 1. The van der Waals surface area contributed by atoms with E-state index in [1.807, 2.05) is 0 Å². The summed E-state index contributed by atoms with van der Waals surface area (Å²) in [4.78, 5) is 21.9. The Hall–Kier alpha value is -2.36. The van der Waals surface area contributed by atoms with Crippen molar-refractivity contribution in [1.29, 1.82) is 0 Å². The highest BCUT2D eigenvalue weighted by Gasteiger charge is 2.19. The zero-order chi connectivity index (χ0) is 16.2. The summed E-state index contributed by atoms with van der Waals surface area (Å²) in [7, 11) is -4.45. The molecule has 0 fully saturated rings. The van der Waals surface area contributed by atoms with E-state index >= 15 is 0 Å². The van der Waals surface area contributed by atoms with Gasteiger partial charge in [0.2, 0.25) is 0 Å². The Morgan fingerprint density at radius 2 is 1.95 bits per heavy atom. The number of anilines is 1. The number of ether oxygens (including phenoxy) is 1. The molecule has 116 valence electrons. The molecule has 0 atom stereocenters. The van der Waals surface area contributed by atoms with Crippen molar-refractivity contribution in [3.63, 3.8) is 0 Å². The van der Waals surface area contributed by atoms with Crippen LogP contribution in [0.4, 0.5) is 14.9 Å². The van der Waals surface area contributed by atoms with Crippen LogP contribution >= 0.6 is 0 Å². The van der Waals surface area contributed by atoms with E-state index in [2.05, 4.69) is 4.74 Å². The fourth-order valence-electron chi connectivity index (χ4n) is 1.25. The first-order valence-corrected chi connectivity index (χ1v) is 7.13. The molecule has 21 heavy (non-hydrogen) atoms. The highest BCUT2D eigenvalue weighted by molar-refractivity contribution is 7.91. The lowest BCUT2D eigenvalue weighted by Gasteiger charge is -2.12. The van der Waals surface area contributed by atoms with Gasteiger partial charge in [-0.05, 0) is 32.0 Å². The van der Waals surface area contributed by atoms with E-state index < -0.39 is 39.9 Å². The first-order valence-electron chi connectivity index (χ1n) is 5.64. The third kappa shape index (κ3) is 5.26. The minimum atomic E-state index is -4.45. The van der Waals surface area contributed by atoms with Crippen LogP contribution in [0.15, 0.2) is 18.2 Å². The molecule has 1 amide bonds. The topological polar surface area (TPSA) is 122 Å². The zero-order valence-corrected chi connectivity index (χ0v) is 11.9. The molecule has 0 aliphatic heterocycles. The van der Waals surface area contributed by atoms with Gasteiger partial charge >= 0.3 is 22.3 Å². The third-order valence-electron chi connectivity index (χ3n) is 2.02. The molecule has 0 aliphatic rings. The monoisotopic (exact) mass is 320 g/mol. The van der Waals surface area contributed by atoms with E-state index in [0.29, 0.717) is 0 Å². The minimum absolute atomic E-state index is 0.321. The summed E-state index contributed by atoms with van der Waals surface area (Å²) in [6.07, 6.45) is -1.79. The smallest absolute Gasteiger partial charge is 0.422 e. The average Bonchev–Trinajstić information content (AvgIpc) is 2.29. The van der Waals surface area contributed by atoms with Crippen molar-refractivity contribution in [3.05, 3.63) is 29.6 Å². The van der Waals surface area contributed by atoms with Gasteiger partial charge in [0, 0.05) is 0 Å². The maximum absolute atomic E-state index is 13.4. The number of carboxylic acid groups (broad SMARTS) is 1. The summed E-state index contributed by atoms with van der Waals surface area (Å²) in [6, 6.07) is 2.54. The number of hydrogen-bond acceptors (Lipinski definition) is 5. The van der Waals surface area contributed by atoms with Crippen molar-refractivity contribution < 1.29 is 32.2 Å². The second-order valence-electron chi connectivity index (χ2n) is 4.16. The standard InChI is InChI=1S/C11H13FN2O6S/c1-6(2)20-11(17)14-21(18,19)13-9-5-7(10(15)16)3-4-8(9)12/h3-6,13H,1-2H3,(H,14,17)(H,15,16). The van der Waals surface area contributed by atoms with Crippen LogP contribution in [-0.2, 0) is 14.9 Å². The molecule has 0 aliphatic carbocycles. The van der Waals surface area contributed by atoms with Gasteiger partial charge in [0.25, 0.3) is 0 Å². The van der Waals surface area contributed by atoms with Crippen LogP contribution in [0, 0.1) is 5.82 Å². The van der Waals surface area contributed by atoms with Gasteiger partial charge in [-0.2, -0.15) is 8.42 Å². The van der Waals surface area contributed by atoms with Gasteiger partial charge in [0.05, 0.1) is 17.4 Å². The van der Waals surface area contributed by atoms with Crippen molar-refractivity contribution in [2.75, 3.05) is 4.72 Å². The second kappa shape index (κ2) is 6.39. The van der Waals surface area contributed by atoms with Gasteiger partial charge in [-0.3, -0.25) is 4.72 Å². The molecule has 1 rings (SSSR count). The van der Waals surface area contributed by atoms with Gasteiger partial charge in [-0.1, -0.05) is 0 Å². The number of benzene rings is 1. The van der Waals surface area contributed by atoms with Gasteiger partial charge in [-0.25, -0.2) is 18.7 Å². The van der Waals surface area contributed by atoms with E-state index in [1.54, 1.807) is 4.72 Å². The van der Waals surface area contributed by atoms with E-state index in [4.69, 9.17) is 5.11 Å². The molecule has 0 aromatic heterocycles. The van der Waals surface area contributed by atoms with Crippen LogP contribution < -0.4 is 9.44 Å². The lowest BCUT2D eigenvalue weighted by molar-refractivity contribution is 0.0696. The van der Waals surface area contributed by atoms with Crippen molar-refractivity contribution in [1.82, 2.24) is 4.72 Å². The average molecular weight is 320 g/mol. The number of halogens is 1. The Morgan fingerprint density at radius 3 is 2.48 bits per heavy atom. The van der Waals surface area contributed by atoms with Crippen LogP contribution in [0.3, 0.4) is 0 Å². The molecule has 0 saturated heterocycles. The Bertz CT molecular complexity index is 659. The van der Waals surface area contributed by atoms with E-state index in [0.717, 1.165) is 18.2 Å². The van der Waals surface area contributed by atoms with Crippen LogP contribution in [0.5, 0.6) is 0 Å². The second-order valence-corrected chi connectivity index (χ2v) is 5.58. The summed E-state index contributed by atoms with van der Waals surface area (Å²) in [5.74, 6) is -2.36. The SMILES string of the molecule is CC(C)OC(=O)NS(=O)(=O)Nc1cc(C(=O)O)ccc1F. The Kier molecular flexibility index (Phi) is 5.08. The molecule has 3 N–H and O–H groups in total. The fourth-order valence-corrected chi connectivity index (χ4v) is 2.02. The van der Waals surface area contributed by atoms with Crippen LogP contribution in [-0.4, -0.2) is 31.7 Å². The molecule has 0 unspecified atom stereocenters. The Balaban J connectivity index is 2.91. The van der Waals surface area contributed by atoms with E-state index in [-0.39, 0.29) is 5.56 Å². The van der Waals surface area contributed by atoms with Gasteiger partial charge in [-0.15, -0.1) is 0 Å². The summed E-state index contributed by atoms with van der Waals surface area (Å²) < 4.78 is 44.4. The lowest BCUT2D eigenvalue weighted by Crippen LogP contribution is -2.37. The van der Waals surface area contributed by atoms with Crippen molar-refractivity contribution >= 4 is 28.0 Å². The summed E-state index contributed by atoms with van der Waals surface area (Å²) in [5, 5.41) is 8.75. The van der Waals surface area contributed by atoms with Gasteiger partial charge in [0.1, 0.15) is 5.82 Å². The highest BCUT2D eigenvalue weighted by Crippen LogP contribution is 2.17. The number of nitrogens with one attached hydrogen (secondary N) is 2. The largest absolute Gasteiger partial charge is 0.478 e. The number of amides is 1. The quantitative estimate of drug-likeness (QED) is 0.752. The molecule has 0 spiro atoms. The third-order valence-corrected chi connectivity index (χ3v) is 2.94. The molecule has 1 aromatic carbocycles. The molecule has 0 saturated carbocycles. The van der Waals surface area contributed by atoms with Gasteiger partial charge in [0.15, 0.2) is 0 Å². The zero-order valence-electron chi connectivity index (χ0n) is 11.1. The summed E-state index contributed by atoms with van der Waals surface area (Å²) in [6.45, 7) is 3.02. The molecule has 0 heterocycles. The van der Waals surface area contributed by atoms with Gasteiger partial charge < -0.3 is 9.84 Å². The predicted molar refractivity (Wildman–Crippen MR) is 70.7 cm³/mol. The van der Waals surface area contributed by atoms with Crippen LogP contribution in [0.2, 0.25) is 0 Å². The number of carbonyl (C=O) groups is 2. The first-order chi connectivity index (χ1) is 9.60. The normalized spacial score (nSPS) is 11.0. The Morgan fingerprint density at radius 1 is 1.33 bits per heavy atom. The van der Waals surface area contributed by atoms with Crippen molar-refractivity contribution in [2.24, 2.45) is 0 Å². The summed E-state index contributed by atoms with van der Waals surface area (Å²) >= 11 is 0. The van der Waals surface area contributed by atoms with Crippen LogP contribution in [0.1, 0.15) is 24.2 Å². The molecule has 1 aromatic rings. The number of aromatic carboxylic acids is 1. The maximum atomic E-state index is 13.4. The maximum Gasteiger partial charge on any atom is 0.422 e. The van der Waals surface area contributed by atoms with Crippen LogP contribution in [0.25, 0.3) is 0 Å². The van der Waals surface area contributed by atoms with Crippen molar-refractivity contribution in [2.45, 2.75) is 20.0 Å². The highest BCUT2D eigenvalue weighted by atomic mass is 32.2. The Labute approximate surface area is 120 Å². The minimum Gasteiger partial charge on any atom is -0.478 e. The summed E-state index contributed by atoms with van der Waals surface area (Å²) in [5.41, 5.74) is -0.932. The molecule has 0 bridgehead atoms. The van der Waals surface area contributed by atoms with E-state index in [1.165, 1.54) is 18.6 Å². The molecule has 0 radical (unpaired) electrons. The number of carboxylic acids is 1. The fraction of sp³-hybridized carbons (Fsp3) is 0.273. The molecular formula is C11H13FN2O6S. The number of hydrogen-bond donors (Lipinski definition) is 3. The van der Waals surface area contributed by atoms with E-state index in [9.17, 15) is 22.4 Å². The predicted octanol–water partition coefficient (Wildman–Crippen LogP) is 1.32. The number of rotatable bonds is 5. The molecule has 8 nitrogen and oxygen atoms in total. The molecule has 10 heteroatoms. The first kappa shape index (κ1) is 16.7. The molecular weight excluding hydrogens is 307 g/mol.